The number of rotatable bonds is 5. The fourth-order valence-electron chi connectivity index (χ4n) is 2.44. The highest BCUT2D eigenvalue weighted by Gasteiger charge is 2.10. The Kier molecular flexibility index (Phi) is 5.82. The van der Waals surface area contributed by atoms with Gasteiger partial charge in [0.25, 0.3) is 5.91 Å². The van der Waals surface area contributed by atoms with Crippen molar-refractivity contribution in [1.29, 1.82) is 0 Å². The summed E-state index contributed by atoms with van der Waals surface area (Å²) < 4.78 is 5.77. The number of halogens is 2. The molecular weight excluding hydrogens is 369 g/mol. The molecule has 0 saturated carbocycles. The fraction of sp³-hybridized carbons (Fsp3) is 0.0952. The highest BCUT2D eigenvalue weighted by molar-refractivity contribution is 6.32. The summed E-state index contributed by atoms with van der Waals surface area (Å²) >= 11 is 12.2. The Balaban J connectivity index is 1.71. The van der Waals surface area contributed by atoms with Crippen molar-refractivity contribution in [2.75, 3.05) is 5.32 Å². The first-order valence-electron chi connectivity index (χ1n) is 8.07. The van der Waals surface area contributed by atoms with Crippen molar-refractivity contribution < 1.29 is 9.53 Å². The molecule has 0 radical (unpaired) electrons. The number of carbonyl (C=O) groups excluding carboxylic acids is 1. The molecule has 1 amide bonds. The fourth-order valence-corrected chi connectivity index (χ4v) is 2.81. The van der Waals surface area contributed by atoms with Crippen LogP contribution in [0.25, 0.3) is 0 Å². The summed E-state index contributed by atoms with van der Waals surface area (Å²) in [5.74, 6) is 0.374. The van der Waals surface area contributed by atoms with Crippen LogP contribution >= 0.6 is 23.2 Å². The first-order valence-corrected chi connectivity index (χ1v) is 8.83. The first-order chi connectivity index (χ1) is 12.5. The van der Waals surface area contributed by atoms with Crippen molar-refractivity contribution in [2.45, 2.75) is 13.5 Å². The highest BCUT2D eigenvalue weighted by atomic mass is 35.5. The van der Waals surface area contributed by atoms with Crippen molar-refractivity contribution in [3.05, 3.63) is 93.5 Å². The van der Waals surface area contributed by atoms with Gasteiger partial charge in [-0.1, -0.05) is 53.5 Å². The van der Waals surface area contributed by atoms with Crippen LogP contribution in [0.2, 0.25) is 10.0 Å². The van der Waals surface area contributed by atoms with Crippen LogP contribution < -0.4 is 10.1 Å². The first kappa shape index (κ1) is 18.3. The minimum atomic E-state index is -0.224. The Labute approximate surface area is 162 Å². The summed E-state index contributed by atoms with van der Waals surface area (Å²) in [7, 11) is 0. The lowest BCUT2D eigenvalue weighted by molar-refractivity contribution is 0.102. The van der Waals surface area contributed by atoms with Gasteiger partial charge >= 0.3 is 0 Å². The zero-order valence-electron chi connectivity index (χ0n) is 14.1. The van der Waals surface area contributed by atoms with Gasteiger partial charge in [-0.3, -0.25) is 4.79 Å². The average molecular weight is 386 g/mol. The van der Waals surface area contributed by atoms with E-state index in [1.54, 1.807) is 36.4 Å². The third kappa shape index (κ3) is 4.37. The normalized spacial score (nSPS) is 10.4. The number of ether oxygens (including phenoxy) is 1. The van der Waals surface area contributed by atoms with Gasteiger partial charge in [0.1, 0.15) is 12.4 Å². The third-order valence-corrected chi connectivity index (χ3v) is 4.74. The Morgan fingerprint density at radius 2 is 1.69 bits per heavy atom. The maximum absolute atomic E-state index is 12.5. The standard InChI is InChI=1S/C21H17Cl2NO2/c1-14-18(22)10-5-11-20(14)24-21(25)15-7-4-8-17(12-15)26-13-16-6-2-3-9-19(16)23/h2-12H,13H2,1H3,(H,24,25). The lowest BCUT2D eigenvalue weighted by Gasteiger charge is -2.11. The topological polar surface area (TPSA) is 38.3 Å². The minimum Gasteiger partial charge on any atom is -0.489 e. The number of benzene rings is 3. The number of amides is 1. The van der Waals surface area contributed by atoms with Gasteiger partial charge in [0.15, 0.2) is 0 Å². The number of carbonyl (C=O) groups is 1. The predicted octanol–water partition coefficient (Wildman–Crippen LogP) is 6.13. The smallest absolute Gasteiger partial charge is 0.255 e. The van der Waals surface area contributed by atoms with Crippen LogP contribution in [-0.2, 0) is 6.61 Å². The summed E-state index contributed by atoms with van der Waals surface area (Å²) in [6.07, 6.45) is 0. The van der Waals surface area contributed by atoms with Crippen LogP contribution in [0, 0.1) is 6.92 Å². The van der Waals surface area contributed by atoms with E-state index in [4.69, 9.17) is 27.9 Å². The van der Waals surface area contributed by atoms with Crippen molar-refractivity contribution >= 4 is 34.8 Å². The molecule has 3 aromatic rings. The van der Waals surface area contributed by atoms with E-state index in [2.05, 4.69) is 5.32 Å². The van der Waals surface area contributed by atoms with Gasteiger partial charge in [-0.2, -0.15) is 0 Å². The molecule has 3 rings (SSSR count). The second kappa shape index (κ2) is 8.26. The zero-order valence-corrected chi connectivity index (χ0v) is 15.6. The molecule has 0 aliphatic carbocycles. The second-order valence-electron chi connectivity index (χ2n) is 5.77. The molecule has 26 heavy (non-hydrogen) atoms. The maximum atomic E-state index is 12.5. The largest absolute Gasteiger partial charge is 0.489 e. The summed E-state index contributed by atoms with van der Waals surface area (Å²) in [4.78, 5) is 12.5. The van der Waals surface area contributed by atoms with Gasteiger partial charge in [0.05, 0.1) is 0 Å². The van der Waals surface area contributed by atoms with Crippen molar-refractivity contribution in [3.8, 4) is 5.75 Å². The van der Waals surface area contributed by atoms with E-state index < -0.39 is 0 Å². The lowest BCUT2D eigenvalue weighted by atomic mass is 10.1. The Morgan fingerprint density at radius 1 is 0.962 bits per heavy atom. The van der Waals surface area contributed by atoms with E-state index in [-0.39, 0.29) is 5.91 Å². The van der Waals surface area contributed by atoms with Crippen LogP contribution in [0.15, 0.2) is 66.7 Å². The van der Waals surface area contributed by atoms with Gasteiger partial charge in [0.2, 0.25) is 0 Å². The predicted molar refractivity (Wildman–Crippen MR) is 106 cm³/mol. The molecule has 0 spiro atoms. The van der Waals surface area contributed by atoms with E-state index in [9.17, 15) is 4.79 Å². The van der Waals surface area contributed by atoms with Gasteiger partial charge < -0.3 is 10.1 Å². The number of hydrogen-bond donors (Lipinski definition) is 1. The molecule has 0 atom stereocenters. The second-order valence-corrected chi connectivity index (χ2v) is 6.59. The summed E-state index contributed by atoms with van der Waals surface area (Å²) in [5.41, 5.74) is 2.90. The zero-order chi connectivity index (χ0) is 18.5. The molecule has 0 bridgehead atoms. The molecule has 132 valence electrons. The highest BCUT2D eigenvalue weighted by Crippen LogP contribution is 2.24. The average Bonchev–Trinajstić information content (AvgIpc) is 2.65. The SMILES string of the molecule is Cc1c(Cl)cccc1NC(=O)c1cccc(OCc2ccccc2Cl)c1. The molecule has 0 aromatic heterocycles. The van der Waals surface area contributed by atoms with Crippen molar-refractivity contribution in [3.63, 3.8) is 0 Å². The summed E-state index contributed by atoms with van der Waals surface area (Å²) in [6, 6.07) is 19.9. The molecule has 1 N–H and O–H groups in total. The van der Waals surface area contributed by atoms with E-state index in [1.165, 1.54) is 0 Å². The molecular formula is C21H17Cl2NO2. The van der Waals surface area contributed by atoms with Gasteiger partial charge in [-0.25, -0.2) is 0 Å². The number of nitrogens with one attached hydrogen (secondary N) is 1. The van der Waals surface area contributed by atoms with Crippen LogP contribution in [-0.4, -0.2) is 5.91 Å². The Hall–Kier alpha value is -2.49. The molecule has 0 aliphatic heterocycles. The minimum absolute atomic E-state index is 0.224. The monoisotopic (exact) mass is 385 g/mol. The Morgan fingerprint density at radius 3 is 2.50 bits per heavy atom. The third-order valence-electron chi connectivity index (χ3n) is 3.96. The van der Waals surface area contributed by atoms with Gasteiger partial charge in [-0.15, -0.1) is 0 Å². The van der Waals surface area contributed by atoms with Crippen LogP contribution in [0.5, 0.6) is 5.75 Å². The molecule has 0 saturated heterocycles. The van der Waals surface area contributed by atoms with E-state index >= 15 is 0 Å². The van der Waals surface area contributed by atoms with Gasteiger partial charge in [-0.05, 0) is 48.9 Å². The van der Waals surface area contributed by atoms with E-state index in [0.29, 0.717) is 33.7 Å². The van der Waals surface area contributed by atoms with Crippen LogP contribution in [0.4, 0.5) is 5.69 Å². The van der Waals surface area contributed by atoms with Crippen LogP contribution in [0.1, 0.15) is 21.5 Å². The molecule has 0 unspecified atom stereocenters. The lowest BCUT2D eigenvalue weighted by Crippen LogP contribution is -2.13. The summed E-state index contributed by atoms with van der Waals surface area (Å²) in [6.45, 7) is 2.19. The summed E-state index contributed by atoms with van der Waals surface area (Å²) in [5, 5.41) is 4.14. The number of hydrogen-bond acceptors (Lipinski definition) is 2. The maximum Gasteiger partial charge on any atom is 0.255 e. The van der Waals surface area contributed by atoms with Crippen molar-refractivity contribution in [2.24, 2.45) is 0 Å². The number of anilines is 1. The van der Waals surface area contributed by atoms with Crippen LogP contribution in [0.3, 0.4) is 0 Å². The molecule has 0 fully saturated rings. The molecule has 0 aliphatic rings. The molecule has 5 heteroatoms. The quantitative estimate of drug-likeness (QED) is 0.573. The Bertz CT molecular complexity index is 941. The molecule has 3 nitrogen and oxygen atoms in total. The van der Waals surface area contributed by atoms with E-state index in [1.807, 2.05) is 37.3 Å². The molecule has 3 aromatic carbocycles. The van der Waals surface area contributed by atoms with Crippen molar-refractivity contribution in [1.82, 2.24) is 0 Å². The van der Waals surface area contributed by atoms with E-state index in [0.717, 1.165) is 11.1 Å². The van der Waals surface area contributed by atoms with Gasteiger partial charge in [0, 0.05) is 26.9 Å². The molecule has 0 heterocycles.